The van der Waals surface area contributed by atoms with Crippen molar-refractivity contribution in [1.82, 2.24) is 0 Å². The van der Waals surface area contributed by atoms with Gasteiger partial charge in [0, 0.05) is 12.1 Å². The molecular weight excluding hydrogens is 178 g/mol. The summed E-state index contributed by atoms with van der Waals surface area (Å²) >= 11 is 0. The van der Waals surface area contributed by atoms with E-state index >= 15 is 0 Å². The molecule has 0 saturated carbocycles. The van der Waals surface area contributed by atoms with Crippen molar-refractivity contribution in [3.8, 4) is 12.3 Å². The molecule has 1 aromatic rings. The number of terminal acetylenes is 1. The van der Waals surface area contributed by atoms with Crippen molar-refractivity contribution >= 4 is 7.54 Å². The first-order chi connectivity index (χ1) is 6.16. The lowest BCUT2D eigenvalue weighted by atomic mass is 10.5. The summed E-state index contributed by atoms with van der Waals surface area (Å²) in [6, 6.07) is 5.88. The molecule has 0 aromatic carbocycles. The molecule has 0 amide bonds. The van der Waals surface area contributed by atoms with Gasteiger partial charge < -0.3 is 0 Å². The van der Waals surface area contributed by atoms with E-state index in [0.717, 1.165) is 0 Å². The molecule has 0 atom stereocenters. The topological polar surface area (TPSA) is 3.88 Å². The van der Waals surface area contributed by atoms with Crippen LogP contribution in [0.15, 0.2) is 30.6 Å². The Hall–Kier alpha value is -1.44. The Kier molecular flexibility index (Phi) is 6.43. The normalized spacial score (nSPS) is 7.85. The number of pyridine rings is 1. The van der Waals surface area contributed by atoms with E-state index in [1.165, 1.54) is 0 Å². The number of hydrogen-bond acceptors (Lipinski definition) is 0. The van der Waals surface area contributed by atoms with Crippen molar-refractivity contribution in [1.29, 1.82) is 0 Å². The fourth-order valence-corrected chi connectivity index (χ4v) is 0.645. The summed E-state index contributed by atoms with van der Waals surface area (Å²) in [5.74, 6) is 2.55. The third-order valence-electron chi connectivity index (χ3n) is 1.05. The molecule has 0 fully saturated rings. The lowest BCUT2D eigenvalue weighted by molar-refractivity contribution is -0.684. The summed E-state index contributed by atoms with van der Waals surface area (Å²) in [7, 11) is -3.67. The zero-order valence-corrected chi connectivity index (χ0v) is 6.83. The predicted molar refractivity (Wildman–Crippen MR) is 44.5 cm³/mol. The number of hydrogen-bond donors (Lipinski definition) is 0. The maximum Gasteiger partial charge on any atom is 0.762 e. The van der Waals surface area contributed by atoms with Crippen LogP contribution in [-0.2, 0) is 6.54 Å². The van der Waals surface area contributed by atoms with Gasteiger partial charge in [-0.2, -0.15) is 4.57 Å². The van der Waals surface area contributed by atoms with Crippen LogP contribution in [0.3, 0.4) is 0 Å². The van der Waals surface area contributed by atoms with Crippen molar-refractivity contribution in [3.63, 3.8) is 0 Å². The summed E-state index contributed by atoms with van der Waals surface area (Å²) in [6.07, 6.45) is 8.98. The van der Waals surface area contributed by atoms with E-state index in [1.54, 1.807) is 0 Å². The number of nitrogens with zero attached hydrogens (tertiary/aromatic N) is 1. The smallest absolute Gasteiger partial charge is 0.254 e. The van der Waals surface area contributed by atoms with Crippen LogP contribution in [0.2, 0.25) is 0 Å². The van der Waals surface area contributed by atoms with Crippen molar-refractivity contribution in [2.75, 3.05) is 0 Å². The molecule has 5 heteroatoms. The Morgan fingerprint density at radius 2 is 1.62 bits per heavy atom. The van der Waals surface area contributed by atoms with Crippen molar-refractivity contribution in [2.24, 2.45) is 0 Å². The lowest BCUT2D eigenvalue weighted by Crippen LogP contribution is -2.31. The minimum absolute atomic E-state index is 0.654. The summed E-state index contributed by atoms with van der Waals surface area (Å²) in [6.45, 7) is 0.654. The highest BCUT2D eigenvalue weighted by Gasteiger charge is 2.06. The van der Waals surface area contributed by atoms with Gasteiger partial charge in [-0.3, -0.25) is 12.9 Å². The van der Waals surface area contributed by atoms with E-state index in [-0.39, 0.29) is 0 Å². The molecule has 0 bridgehead atoms. The minimum atomic E-state index is -3.67. The van der Waals surface area contributed by atoms with Gasteiger partial charge in [0.05, 0.1) is 0 Å². The molecule has 0 spiro atoms. The van der Waals surface area contributed by atoms with E-state index in [4.69, 9.17) is 6.42 Å². The van der Waals surface area contributed by atoms with Gasteiger partial charge in [0.15, 0.2) is 12.4 Å². The van der Waals surface area contributed by atoms with Crippen LogP contribution in [0.1, 0.15) is 0 Å². The molecular formula is C8H8BF3N+. The van der Waals surface area contributed by atoms with Crippen LogP contribution >= 0.6 is 0 Å². The fraction of sp³-hybridized carbons (Fsp3) is 0.125. The van der Waals surface area contributed by atoms with E-state index in [1.807, 2.05) is 35.2 Å². The van der Waals surface area contributed by atoms with Crippen LogP contribution in [0.5, 0.6) is 0 Å². The summed E-state index contributed by atoms with van der Waals surface area (Å²) < 4.78 is 30.9. The van der Waals surface area contributed by atoms with E-state index in [2.05, 4.69) is 5.92 Å². The molecule has 1 nitrogen and oxygen atoms in total. The van der Waals surface area contributed by atoms with Crippen LogP contribution in [0, 0.1) is 12.3 Å². The highest BCUT2D eigenvalue weighted by Crippen LogP contribution is 1.80. The Morgan fingerprint density at radius 3 is 2.00 bits per heavy atom. The molecule has 0 radical (unpaired) electrons. The third kappa shape index (κ3) is 8.47. The minimum Gasteiger partial charge on any atom is -0.254 e. The maximum absolute atomic E-state index is 9.67. The standard InChI is InChI=1S/C8H8N.BF3/c1-2-6-9-7-4-3-5-8-9;2-1(3)4/h1,3-5,7-8H,6H2;/q+1;. The molecule has 0 unspecified atom stereocenters. The Morgan fingerprint density at radius 1 is 1.15 bits per heavy atom. The summed E-state index contributed by atoms with van der Waals surface area (Å²) in [4.78, 5) is 0. The van der Waals surface area contributed by atoms with Crippen molar-refractivity contribution in [3.05, 3.63) is 30.6 Å². The lowest BCUT2D eigenvalue weighted by Gasteiger charge is -1.84. The quantitative estimate of drug-likeness (QED) is 0.355. The first kappa shape index (κ1) is 11.6. The van der Waals surface area contributed by atoms with E-state index in [9.17, 15) is 12.9 Å². The van der Waals surface area contributed by atoms with Crippen LogP contribution in [-0.4, -0.2) is 7.54 Å². The number of rotatable bonds is 1. The molecule has 0 N–H and O–H groups in total. The Balaban J connectivity index is 0.000000310. The first-order valence-corrected chi connectivity index (χ1v) is 3.46. The molecule has 0 aliphatic carbocycles. The molecule has 0 aliphatic heterocycles. The Bertz CT molecular complexity index is 255. The average molecular weight is 186 g/mol. The van der Waals surface area contributed by atoms with Gasteiger partial charge in [0.25, 0.3) is 0 Å². The van der Waals surface area contributed by atoms with Gasteiger partial charge in [0.2, 0.25) is 6.54 Å². The van der Waals surface area contributed by atoms with Crippen LogP contribution < -0.4 is 4.57 Å². The molecule has 1 rings (SSSR count). The zero-order chi connectivity index (χ0) is 10.1. The predicted octanol–water partition coefficient (Wildman–Crippen LogP) is 1.49. The van der Waals surface area contributed by atoms with Gasteiger partial charge in [-0.1, -0.05) is 6.07 Å². The monoisotopic (exact) mass is 186 g/mol. The third-order valence-corrected chi connectivity index (χ3v) is 1.05. The van der Waals surface area contributed by atoms with Gasteiger partial charge in [-0.15, -0.1) is 6.42 Å². The largest absolute Gasteiger partial charge is 0.762 e. The molecule has 1 heterocycles. The fourth-order valence-electron chi connectivity index (χ4n) is 0.645. The Labute approximate surface area is 75.4 Å². The molecule has 1 aromatic heterocycles. The van der Waals surface area contributed by atoms with Crippen molar-refractivity contribution in [2.45, 2.75) is 6.54 Å². The summed E-state index contributed by atoms with van der Waals surface area (Å²) in [5.41, 5.74) is 0. The van der Waals surface area contributed by atoms with Gasteiger partial charge in [-0.25, -0.2) is 0 Å². The SMILES string of the molecule is C#CC[n+]1ccccc1.FB(F)F. The number of aromatic nitrogens is 1. The van der Waals surface area contributed by atoms with Gasteiger partial charge in [0.1, 0.15) is 0 Å². The second kappa shape index (κ2) is 7.23. The van der Waals surface area contributed by atoms with E-state index in [0.29, 0.717) is 6.54 Å². The second-order valence-electron chi connectivity index (χ2n) is 2.00. The van der Waals surface area contributed by atoms with Gasteiger partial charge >= 0.3 is 7.54 Å². The zero-order valence-electron chi connectivity index (χ0n) is 6.83. The molecule has 0 aliphatic rings. The maximum atomic E-state index is 9.67. The van der Waals surface area contributed by atoms with Crippen molar-refractivity contribution < 1.29 is 17.5 Å². The summed E-state index contributed by atoms with van der Waals surface area (Å²) in [5, 5.41) is 0. The highest BCUT2D eigenvalue weighted by molar-refractivity contribution is 6.33. The van der Waals surface area contributed by atoms with Crippen LogP contribution in [0.25, 0.3) is 0 Å². The van der Waals surface area contributed by atoms with Crippen LogP contribution in [0.4, 0.5) is 12.9 Å². The molecule has 13 heavy (non-hydrogen) atoms. The highest BCUT2D eigenvalue weighted by atomic mass is 19.4. The average Bonchev–Trinajstić information content (AvgIpc) is 2.06. The molecule has 0 saturated heterocycles. The number of halogens is 3. The molecule has 68 valence electrons. The van der Waals surface area contributed by atoms with Gasteiger partial charge in [-0.05, 0) is 5.92 Å². The van der Waals surface area contributed by atoms with E-state index < -0.39 is 7.54 Å². The first-order valence-electron chi connectivity index (χ1n) is 3.46. The second-order valence-corrected chi connectivity index (χ2v) is 2.00.